The normalized spacial score (nSPS) is 13.2. The molecule has 0 fully saturated rings. The van der Waals surface area contributed by atoms with Crippen LogP contribution in [0.3, 0.4) is 0 Å². The lowest BCUT2D eigenvalue weighted by Gasteiger charge is -2.21. The summed E-state index contributed by atoms with van der Waals surface area (Å²) in [6.45, 7) is 6.35. The Labute approximate surface area is 110 Å². The number of halogens is 2. The molecule has 1 rings (SSSR count). The number of nitrogens with one attached hydrogen (secondary N) is 1. The fourth-order valence-corrected chi connectivity index (χ4v) is 2.10. The van der Waals surface area contributed by atoms with Crippen LogP contribution in [0, 0.1) is 22.6 Å². The van der Waals surface area contributed by atoms with Crippen LogP contribution in [0.1, 0.15) is 32.4 Å². The van der Waals surface area contributed by atoms with Gasteiger partial charge in [0.2, 0.25) is 0 Å². The molecule has 0 radical (unpaired) electrons. The SMILES string of the molecule is CC(NCC(C)(C)C#N)c1ccc(F)cc1Br. The zero-order valence-electron chi connectivity index (χ0n) is 10.2. The molecule has 0 spiro atoms. The van der Waals surface area contributed by atoms with Crippen molar-refractivity contribution < 1.29 is 4.39 Å². The van der Waals surface area contributed by atoms with Crippen molar-refractivity contribution in [2.45, 2.75) is 26.8 Å². The second-order valence-corrected chi connectivity index (χ2v) is 5.62. The second-order valence-electron chi connectivity index (χ2n) is 4.76. The van der Waals surface area contributed by atoms with Crippen LogP contribution < -0.4 is 5.32 Å². The Morgan fingerprint density at radius 2 is 2.18 bits per heavy atom. The van der Waals surface area contributed by atoms with E-state index >= 15 is 0 Å². The molecule has 92 valence electrons. The number of hydrogen-bond acceptors (Lipinski definition) is 2. The highest BCUT2D eigenvalue weighted by atomic mass is 79.9. The van der Waals surface area contributed by atoms with Gasteiger partial charge in [-0.05, 0) is 38.5 Å². The van der Waals surface area contributed by atoms with Crippen LogP contribution in [0.25, 0.3) is 0 Å². The molecule has 4 heteroatoms. The van der Waals surface area contributed by atoms with Crippen molar-refractivity contribution in [2.75, 3.05) is 6.54 Å². The van der Waals surface area contributed by atoms with Gasteiger partial charge in [0.05, 0.1) is 11.5 Å². The molecule has 0 bridgehead atoms. The third-order valence-electron chi connectivity index (χ3n) is 2.58. The lowest BCUT2D eigenvalue weighted by molar-refractivity contribution is 0.414. The molecule has 1 unspecified atom stereocenters. The Morgan fingerprint density at radius 3 is 2.71 bits per heavy atom. The van der Waals surface area contributed by atoms with Crippen molar-refractivity contribution >= 4 is 15.9 Å². The molecule has 1 aromatic carbocycles. The van der Waals surface area contributed by atoms with E-state index in [2.05, 4.69) is 27.3 Å². The van der Waals surface area contributed by atoms with Crippen molar-refractivity contribution in [2.24, 2.45) is 5.41 Å². The Balaban J connectivity index is 2.71. The maximum atomic E-state index is 12.9. The molecule has 1 N–H and O–H groups in total. The summed E-state index contributed by atoms with van der Waals surface area (Å²) in [5.74, 6) is -0.259. The molecule has 0 saturated heterocycles. The Hall–Kier alpha value is -0.920. The molecule has 0 aliphatic heterocycles. The van der Waals surface area contributed by atoms with Crippen molar-refractivity contribution in [3.05, 3.63) is 34.1 Å². The van der Waals surface area contributed by atoms with E-state index in [0.717, 1.165) is 10.0 Å². The van der Waals surface area contributed by atoms with Gasteiger partial charge in [0.25, 0.3) is 0 Å². The average Bonchev–Trinajstić information content (AvgIpc) is 2.26. The van der Waals surface area contributed by atoms with Crippen molar-refractivity contribution in [3.8, 4) is 6.07 Å². The van der Waals surface area contributed by atoms with Gasteiger partial charge < -0.3 is 5.32 Å². The van der Waals surface area contributed by atoms with Gasteiger partial charge in [-0.15, -0.1) is 0 Å². The van der Waals surface area contributed by atoms with Crippen molar-refractivity contribution in [1.82, 2.24) is 5.32 Å². The Morgan fingerprint density at radius 1 is 1.53 bits per heavy atom. The highest BCUT2D eigenvalue weighted by molar-refractivity contribution is 9.10. The monoisotopic (exact) mass is 298 g/mol. The van der Waals surface area contributed by atoms with Gasteiger partial charge in [-0.1, -0.05) is 22.0 Å². The second kappa shape index (κ2) is 5.61. The quantitative estimate of drug-likeness (QED) is 0.918. The average molecular weight is 299 g/mol. The molecule has 0 aromatic heterocycles. The maximum Gasteiger partial charge on any atom is 0.124 e. The number of nitriles is 1. The first-order valence-corrected chi connectivity index (χ1v) is 6.24. The largest absolute Gasteiger partial charge is 0.309 e. The standard InChI is InChI=1S/C13H16BrFN2/c1-9(17-8-13(2,3)7-16)11-5-4-10(15)6-12(11)14/h4-6,9,17H,8H2,1-3H3. The summed E-state index contributed by atoms with van der Waals surface area (Å²) in [5.41, 5.74) is 0.584. The van der Waals surface area contributed by atoms with Crippen LogP contribution in [0.4, 0.5) is 4.39 Å². The summed E-state index contributed by atoms with van der Waals surface area (Å²) < 4.78 is 13.7. The van der Waals surface area contributed by atoms with Gasteiger partial charge >= 0.3 is 0 Å². The van der Waals surface area contributed by atoms with E-state index in [1.54, 1.807) is 6.07 Å². The van der Waals surface area contributed by atoms with Crippen LogP contribution in [-0.2, 0) is 0 Å². The maximum absolute atomic E-state index is 12.9. The van der Waals surface area contributed by atoms with Crippen LogP contribution in [-0.4, -0.2) is 6.54 Å². The predicted molar refractivity (Wildman–Crippen MR) is 69.9 cm³/mol. The van der Waals surface area contributed by atoms with E-state index in [4.69, 9.17) is 5.26 Å². The highest BCUT2D eigenvalue weighted by Crippen LogP contribution is 2.25. The number of nitrogens with zero attached hydrogens (tertiary/aromatic N) is 1. The first-order chi connectivity index (χ1) is 7.85. The molecule has 0 saturated carbocycles. The fourth-order valence-electron chi connectivity index (χ4n) is 1.41. The van der Waals surface area contributed by atoms with E-state index in [1.165, 1.54) is 12.1 Å². The molecule has 0 heterocycles. The summed E-state index contributed by atoms with van der Waals surface area (Å²) >= 11 is 3.34. The van der Waals surface area contributed by atoms with E-state index in [-0.39, 0.29) is 11.9 Å². The molecule has 0 aliphatic rings. The zero-order valence-corrected chi connectivity index (χ0v) is 11.8. The fraction of sp³-hybridized carbons (Fsp3) is 0.462. The molecule has 1 aromatic rings. The number of rotatable bonds is 4. The van der Waals surface area contributed by atoms with Crippen LogP contribution in [0.15, 0.2) is 22.7 Å². The van der Waals surface area contributed by atoms with Gasteiger partial charge in [-0.3, -0.25) is 0 Å². The van der Waals surface area contributed by atoms with E-state index in [1.807, 2.05) is 20.8 Å². The third kappa shape index (κ3) is 4.10. The van der Waals surface area contributed by atoms with E-state index in [0.29, 0.717) is 6.54 Å². The van der Waals surface area contributed by atoms with Gasteiger partial charge in [0.1, 0.15) is 5.82 Å². The molecule has 2 nitrogen and oxygen atoms in total. The minimum atomic E-state index is -0.402. The van der Waals surface area contributed by atoms with E-state index < -0.39 is 5.41 Å². The smallest absolute Gasteiger partial charge is 0.124 e. The lowest BCUT2D eigenvalue weighted by atomic mass is 9.95. The Kier molecular flexibility index (Phi) is 4.67. The van der Waals surface area contributed by atoms with Crippen molar-refractivity contribution in [1.29, 1.82) is 5.26 Å². The number of hydrogen-bond donors (Lipinski definition) is 1. The molecule has 1 atom stereocenters. The van der Waals surface area contributed by atoms with Crippen LogP contribution in [0.2, 0.25) is 0 Å². The first-order valence-electron chi connectivity index (χ1n) is 5.45. The molecule has 0 aliphatic carbocycles. The van der Waals surface area contributed by atoms with Gasteiger partial charge in [-0.2, -0.15) is 5.26 Å². The minimum Gasteiger partial charge on any atom is -0.309 e. The lowest BCUT2D eigenvalue weighted by Crippen LogP contribution is -2.30. The summed E-state index contributed by atoms with van der Waals surface area (Å²) in [5, 5.41) is 12.2. The van der Waals surface area contributed by atoms with Gasteiger partial charge in [-0.25, -0.2) is 4.39 Å². The van der Waals surface area contributed by atoms with Crippen LogP contribution in [0.5, 0.6) is 0 Å². The Bertz CT molecular complexity index is 438. The topological polar surface area (TPSA) is 35.8 Å². The zero-order chi connectivity index (χ0) is 13.1. The summed E-state index contributed by atoms with van der Waals surface area (Å²) in [6, 6.07) is 6.94. The molecule has 0 amide bonds. The first kappa shape index (κ1) is 14.1. The van der Waals surface area contributed by atoms with Gasteiger partial charge in [0.15, 0.2) is 0 Å². The summed E-state index contributed by atoms with van der Waals surface area (Å²) in [4.78, 5) is 0. The van der Waals surface area contributed by atoms with E-state index in [9.17, 15) is 4.39 Å². The van der Waals surface area contributed by atoms with Gasteiger partial charge in [0, 0.05) is 17.1 Å². The summed E-state index contributed by atoms with van der Waals surface area (Å²) in [7, 11) is 0. The molecule has 17 heavy (non-hydrogen) atoms. The molecular weight excluding hydrogens is 283 g/mol. The highest BCUT2D eigenvalue weighted by Gasteiger charge is 2.18. The number of benzene rings is 1. The molecular formula is C13H16BrFN2. The third-order valence-corrected chi connectivity index (χ3v) is 3.27. The minimum absolute atomic E-state index is 0.0672. The summed E-state index contributed by atoms with van der Waals surface area (Å²) in [6.07, 6.45) is 0. The van der Waals surface area contributed by atoms with Crippen LogP contribution >= 0.6 is 15.9 Å². The van der Waals surface area contributed by atoms with Crippen molar-refractivity contribution in [3.63, 3.8) is 0 Å². The predicted octanol–water partition coefficient (Wildman–Crippen LogP) is 3.79.